The molecular formula is C56H34N4O. The van der Waals surface area contributed by atoms with Crippen molar-refractivity contribution >= 4 is 87.4 Å². The highest BCUT2D eigenvalue weighted by molar-refractivity contribution is 6.14. The van der Waals surface area contributed by atoms with Crippen molar-refractivity contribution in [2.75, 3.05) is 0 Å². The maximum absolute atomic E-state index is 9.58. The Hall–Kier alpha value is -8.33. The summed E-state index contributed by atoms with van der Waals surface area (Å²) in [7, 11) is 0. The molecule has 4 aromatic heterocycles. The van der Waals surface area contributed by atoms with Crippen molar-refractivity contribution in [3.8, 4) is 23.1 Å². The molecule has 0 fully saturated rings. The average molecular weight is 779 g/mol. The van der Waals surface area contributed by atoms with E-state index in [2.05, 4.69) is 196 Å². The van der Waals surface area contributed by atoms with Crippen LogP contribution < -0.4 is 0 Å². The van der Waals surface area contributed by atoms with Gasteiger partial charge >= 0.3 is 0 Å². The van der Waals surface area contributed by atoms with Gasteiger partial charge in [-0.2, -0.15) is 5.26 Å². The number of nitriles is 1. The van der Waals surface area contributed by atoms with Gasteiger partial charge in [0.1, 0.15) is 5.58 Å². The van der Waals surface area contributed by atoms with Crippen LogP contribution in [-0.2, 0) is 6.42 Å². The lowest BCUT2D eigenvalue weighted by molar-refractivity contribution is 0.666. The molecule has 9 aromatic carbocycles. The van der Waals surface area contributed by atoms with Crippen molar-refractivity contribution in [2.24, 2.45) is 0 Å². The molecule has 0 N–H and O–H groups in total. The minimum absolute atomic E-state index is 0.622. The average Bonchev–Trinajstić information content (AvgIpc) is 4.05. The van der Waals surface area contributed by atoms with E-state index in [0.29, 0.717) is 5.56 Å². The van der Waals surface area contributed by atoms with E-state index in [1.807, 2.05) is 18.2 Å². The van der Waals surface area contributed by atoms with Crippen LogP contribution in [-0.4, -0.2) is 13.7 Å². The molecule has 0 aliphatic heterocycles. The summed E-state index contributed by atoms with van der Waals surface area (Å²) in [5, 5.41) is 18.9. The van der Waals surface area contributed by atoms with Gasteiger partial charge in [-0.1, -0.05) is 103 Å². The van der Waals surface area contributed by atoms with Gasteiger partial charge in [0.15, 0.2) is 5.58 Å². The first kappa shape index (κ1) is 33.6. The summed E-state index contributed by atoms with van der Waals surface area (Å²) in [5.41, 5.74) is 15.0. The number of aromatic nitrogens is 3. The van der Waals surface area contributed by atoms with Crippen molar-refractivity contribution in [3.63, 3.8) is 0 Å². The van der Waals surface area contributed by atoms with E-state index < -0.39 is 0 Å². The Kier molecular flexibility index (Phi) is 7.07. The first-order valence-electron chi connectivity index (χ1n) is 20.7. The summed E-state index contributed by atoms with van der Waals surface area (Å²) in [6.07, 6.45) is 0.811. The second-order valence-corrected chi connectivity index (χ2v) is 16.0. The zero-order valence-corrected chi connectivity index (χ0v) is 32.9. The monoisotopic (exact) mass is 778 g/mol. The summed E-state index contributed by atoms with van der Waals surface area (Å²) < 4.78 is 13.6. The zero-order valence-electron chi connectivity index (χ0n) is 32.9. The van der Waals surface area contributed by atoms with Crippen molar-refractivity contribution in [1.82, 2.24) is 13.7 Å². The topological polar surface area (TPSA) is 51.7 Å². The minimum Gasteiger partial charge on any atom is -0.454 e. The van der Waals surface area contributed by atoms with Gasteiger partial charge in [0, 0.05) is 54.5 Å². The second kappa shape index (κ2) is 12.8. The van der Waals surface area contributed by atoms with Crippen LogP contribution in [0, 0.1) is 11.3 Å². The van der Waals surface area contributed by atoms with Crippen LogP contribution in [0.3, 0.4) is 0 Å². The molecular weight excluding hydrogens is 745 g/mol. The molecule has 13 rings (SSSR count). The molecule has 13 aromatic rings. The van der Waals surface area contributed by atoms with Crippen LogP contribution in [0.15, 0.2) is 199 Å². The third-order valence-corrected chi connectivity index (χ3v) is 12.7. The van der Waals surface area contributed by atoms with E-state index in [0.717, 1.165) is 56.5 Å². The van der Waals surface area contributed by atoms with Gasteiger partial charge in [0.2, 0.25) is 0 Å². The van der Waals surface area contributed by atoms with Crippen LogP contribution in [0.1, 0.15) is 16.7 Å². The Morgan fingerprint density at radius 1 is 0.377 bits per heavy atom. The molecule has 0 aliphatic rings. The van der Waals surface area contributed by atoms with E-state index >= 15 is 0 Å². The standard InChI is InChI=1S/C56H34N4O/c57-34-37-23-29-55-47(32-37)44-14-9-19-54(56(44)61-55)60-51-18-8-4-12-42(51)45-31-36(22-27-53(45)60)30-35-20-24-38(25-21-35)58-50-17-7-3-13-43(50)46-33-39(26-28-52(46)58)59-48-15-5-1-10-40(48)41-11-2-6-16-49(41)59/h1-29,31-33H,30H2. The van der Waals surface area contributed by atoms with Crippen molar-refractivity contribution in [2.45, 2.75) is 6.42 Å². The molecule has 4 heterocycles. The highest BCUT2D eigenvalue weighted by atomic mass is 16.3. The third kappa shape index (κ3) is 4.94. The van der Waals surface area contributed by atoms with Gasteiger partial charge in [0.25, 0.3) is 0 Å². The molecule has 0 unspecified atom stereocenters. The van der Waals surface area contributed by atoms with Gasteiger partial charge in [0.05, 0.1) is 50.4 Å². The van der Waals surface area contributed by atoms with Crippen LogP contribution >= 0.6 is 0 Å². The molecule has 0 amide bonds. The number of fused-ring (bicyclic) bond motifs is 12. The number of hydrogen-bond acceptors (Lipinski definition) is 2. The number of nitrogens with zero attached hydrogens (tertiary/aromatic N) is 4. The Bertz CT molecular complexity index is 3930. The minimum atomic E-state index is 0.622. The predicted octanol–water partition coefficient (Wildman–Crippen LogP) is 14.3. The summed E-state index contributed by atoms with van der Waals surface area (Å²) in [6.45, 7) is 0. The number of benzene rings is 9. The van der Waals surface area contributed by atoms with E-state index in [4.69, 9.17) is 4.42 Å². The molecule has 0 spiro atoms. The fraction of sp³-hybridized carbons (Fsp3) is 0.0179. The maximum Gasteiger partial charge on any atom is 0.159 e. The van der Waals surface area contributed by atoms with E-state index in [1.165, 1.54) is 65.5 Å². The van der Waals surface area contributed by atoms with Crippen molar-refractivity contribution in [3.05, 3.63) is 211 Å². The highest BCUT2D eigenvalue weighted by Gasteiger charge is 2.19. The third-order valence-electron chi connectivity index (χ3n) is 12.7. The normalized spacial score (nSPS) is 12.0. The van der Waals surface area contributed by atoms with Crippen molar-refractivity contribution in [1.29, 1.82) is 5.26 Å². The lowest BCUT2D eigenvalue weighted by atomic mass is 10.0. The van der Waals surface area contributed by atoms with Gasteiger partial charge < -0.3 is 18.1 Å². The van der Waals surface area contributed by atoms with E-state index in [9.17, 15) is 5.26 Å². The number of rotatable bonds is 5. The highest BCUT2D eigenvalue weighted by Crippen LogP contribution is 2.40. The smallest absolute Gasteiger partial charge is 0.159 e. The molecule has 0 aliphatic carbocycles. The molecule has 5 nitrogen and oxygen atoms in total. The van der Waals surface area contributed by atoms with Gasteiger partial charge in [-0.3, -0.25) is 0 Å². The van der Waals surface area contributed by atoms with E-state index in [1.54, 1.807) is 0 Å². The molecule has 284 valence electrons. The van der Waals surface area contributed by atoms with E-state index in [-0.39, 0.29) is 0 Å². The second-order valence-electron chi connectivity index (χ2n) is 16.0. The van der Waals surface area contributed by atoms with Crippen LogP contribution in [0.4, 0.5) is 0 Å². The lowest BCUT2D eigenvalue weighted by Crippen LogP contribution is -1.96. The number of hydrogen-bond donors (Lipinski definition) is 0. The Morgan fingerprint density at radius 2 is 0.885 bits per heavy atom. The quantitative estimate of drug-likeness (QED) is 0.175. The first-order chi connectivity index (χ1) is 30.2. The zero-order chi connectivity index (χ0) is 40.2. The molecule has 0 atom stereocenters. The Morgan fingerprint density at radius 3 is 1.56 bits per heavy atom. The largest absolute Gasteiger partial charge is 0.454 e. The molecule has 0 saturated carbocycles. The van der Waals surface area contributed by atoms with Crippen LogP contribution in [0.25, 0.3) is 104 Å². The molecule has 0 saturated heterocycles. The fourth-order valence-corrected chi connectivity index (χ4v) is 10.00. The molecule has 5 heteroatoms. The maximum atomic E-state index is 9.58. The number of para-hydroxylation sites is 5. The Balaban J connectivity index is 0.877. The van der Waals surface area contributed by atoms with Gasteiger partial charge in [-0.15, -0.1) is 0 Å². The predicted molar refractivity (Wildman–Crippen MR) is 251 cm³/mol. The van der Waals surface area contributed by atoms with Gasteiger partial charge in [-0.05, 0) is 109 Å². The summed E-state index contributed by atoms with van der Waals surface area (Å²) >= 11 is 0. The first-order valence-corrected chi connectivity index (χ1v) is 20.7. The SMILES string of the molecule is N#Cc1ccc2oc3c(-n4c5ccccc5c5cc(Cc6ccc(-n7c8ccccc8c8cc(-n9c%10ccccc%10c%10ccccc%109)ccc87)cc6)ccc54)cccc3c2c1. The summed E-state index contributed by atoms with van der Waals surface area (Å²) in [4.78, 5) is 0. The Labute approximate surface area is 349 Å². The van der Waals surface area contributed by atoms with Crippen LogP contribution in [0.5, 0.6) is 0 Å². The molecule has 0 bridgehead atoms. The molecule has 0 radical (unpaired) electrons. The fourth-order valence-electron chi connectivity index (χ4n) is 10.00. The van der Waals surface area contributed by atoms with Gasteiger partial charge in [-0.25, -0.2) is 0 Å². The lowest BCUT2D eigenvalue weighted by Gasteiger charge is -2.11. The summed E-state index contributed by atoms with van der Waals surface area (Å²) in [5.74, 6) is 0. The van der Waals surface area contributed by atoms with Crippen LogP contribution in [0.2, 0.25) is 0 Å². The van der Waals surface area contributed by atoms with Crippen molar-refractivity contribution < 1.29 is 4.42 Å². The molecule has 61 heavy (non-hydrogen) atoms. The summed E-state index contributed by atoms with van der Waals surface area (Å²) in [6, 6.07) is 71.8. The number of furan rings is 1.